The van der Waals surface area contributed by atoms with Gasteiger partial charge in [-0.05, 0) is 0 Å². The zero-order chi connectivity index (χ0) is 6.08. The number of rotatable bonds is 0. The van der Waals surface area contributed by atoms with E-state index in [-0.39, 0.29) is 77.9 Å². The number of alkyl halides is 3. The Kier molecular flexibility index (Phi) is 12.1. The van der Waals surface area contributed by atoms with Crippen LogP contribution in [0, 0.1) is 0 Å². The van der Waals surface area contributed by atoms with E-state index in [0.717, 1.165) is 0 Å². The minimum absolute atomic E-state index is 0. The molecule has 0 aromatic rings. The van der Waals surface area contributed by atoms with Crippen LogP contribution in [0.4, 0.5) is 13.2 Å². The van der Waals surface area contributed by atoms with E-state index in [9.17, 15) is 13.2 Å². The van der Waals surface area contributed by atoms with Crippen molar-refractivity contribution < 1.29 is 52.1 Å². The van der Waals surface area contributed by atoms with E-state index < -0.39 is 12.1 Å². The Morgan fingerprint density at radius 3 is 1.56 bits per heavy atom. The standard InChI is InChI=1S/C2HF3O2.Ba.Zr.2H/c3-2(4,5)1(6)7;;;;/h(H,6,7);;;;/q;+2;;2*-1. The van der Waals surface area contributed by atoms with Gasteiger partial charge in [0, 0.05) is 26.2 Å². The Bertz CT molecular complexity index is 99.8. The number of carbonyl (C=O) groups is 1. The van der Waals surface area contributed by atoms with E-state index in [1.165, 1.54) is 0 Å². The molecular weight excluding hydrogens is 342 g/mol. The van der Waals surface area contributed by atoms with Crippen molar-refractivity contribution >= 4 is 54.9 Å². The maximum absolute atomic E-state index is 10.6. The van der Waals surface area contributed by atoms with E-state index in [0.29, 0.717) is 0 Å². The molecule has 2 nitrogen and oxygen atoms in total. The van der Waals surface area contributed by atoms with Crippen molar-refractivity contribution in [3.63, 3.8) is 0 Å². The van der Waals surface area contributed by atoms with Crippen LogP contribution in [0.5, 0.6) is 0 Å². The Labute approximate surface area is 111 Å². The van der Waals surface area contributed by atoms with Crippen molar-refractivity contribution in [2.24, 2.45) is 0 Å². The van der Waals surface area contributed by atoms with Crippen LogP contribution in [0.3, 0.4) is 0 Å². The van der Waals surface area contributed by atoms with Gasteiger partial charge in [0.1, 0.15) is 0 Å². The first-order chi connectivity index (χ1) is 2.94. The van der Waals surface area contributed by atoms with Crippen LogP contribution in [0.25, 0.3) is 0 Å². The van der Waals surface area contributed by atoms with E-state index in [2.05, 4.69) is 0 Å². The first kappa shape index (κ1) is 17.0. The summed E-state index contributed by atoms with van der Waals surface area (Å²) < 4.78 is 31.7. The largest absolute Gasteiger partial charge is 2.00 e. The van der Waals surface area contributed by atoms with Gasteiger partial charge in [-0.25, -0.2) is 4.79 Å². The molecule has 0 saturated carbocycles. The second kappa shape index (κ2) is 6.43. The summed E-state index contributed by atoms with van der Waals surface area (Å²) in [6.07, 6.45) is -5.08. The molecule has 0 amide bonds. The van der Waals surface area contributed by atoms with Crippen molar-refractivity contribution in [2.45, 2.75) is 6.18 Å². The molecule has 0 rings (SSSR count). The molecule has 0 aliphatic heterocycles. The Morgan fingerprint density at radius 2 is 1.56 bits per heavy atom. The third-order valence-corrected chi connectivity index (χ3v) is 0.243. The molecule has 7 heteroatoms. The smallest absolute Gasteiger partial charge is 1.00 e. The van der Waals surface area contributed by atoms with Gasteiger partial charge in [-0.2, -0.15) is 13.2 Å². The number of aliphatic carboxylic acids is 1. The van der Waals surface area contributed by atoms with Gasteiger partial charge >= 0.3 is 61.0 Å². The zero-order valence-electron chi connectivity index (χ0n) is 6.20. The molecule has 0 radical (unpaired) electrons. The predicted molar refractivity (Wildman–Crippen MR) is 21.7 cm³/mol. The first-order valence-electron chi connectivity index (χ1n) is 1.24. The Morgan fingerprint density at radius 1 is 1.44 bits per heavy atom. The quantitative estimate of drug-likeness (QED) is 0.649. The van der Waals surface area contributed by atoms with E-state index >= 15 is 0 Å². The molecule has 0 aliphatic carbocycles. The van der Waals surface area contributed by atoms with Crippen LogP contribution >= 0.6 is 0 Å². The Hall–Kier alpha value is 1.71. The summed E-state index contributed by atoms with van der Waals surface area (Å²) in [7, 11) is 0. The van der Waals surface area contributed by atoms with Gasteiger partial charge in [0.15, 0.2) is 0 Å². The molecule has 9 heavy (non-hydrogen) atoms. The van der Waals surface area contributed by atoms with Crippen LogP contribution in [0.15, 0.2) is 0 Å². The second-order valence-electron chi connectivity index (χ2n) is 0.803. The van der Waals surface area contributed by atoms with E-state index in [1.54, 1.807) is 0 Å². The third-order valence-electron chi connectivity index (χ3n) is 0.243. The van der Waals surface area contributed by atoms with E-state index in [1.807, 2.05) is 0 Å². The van der Waals surface area contributed by atoms with E-state index in [4.69, 9.17) is 9.90 Å². The van der Waals surface area contributed by atoms with Gasteiger partial charge < -0.3 is 7.96 Å². The second-order valence-corrected chi connectivity index (χ2v) is 0.803. The molecule has 0 unspecified atom stereocenters. The average molecular weight is 345 g/mol. The van der Waals surface area contributed by atoms with Crippen LogP contribution in [0.2, 0.25) is 0 Å². The minimum atomic E-state index is -5.08. The van der Waals surface area contributed by atoms with Crippen molar-refractivity contribution in [3.8, 4) is 0 Å². The molecule has 0 aliphatic rings. The summed E-state index contributed by atoms with van der Waals surface area (Å²) in [4.78, 5) is 8.90. The van der Waals surface area contributed by atoms with Crippen LogP contribution in [-0.4, -0.2) is 66.1 Å². The van der Waals surface area contributed by atoms with Crippen molar-refractivity contribution in [3.05, 3.63) is 0 Å². The molecule has 0 bridgehead atoms. The summed E-state index contributed by atoms with van der Waals surface area (Å²) in [6, 6.07) is 0. The molecule has 0 atom stereocenters. The van der Waals surface area contributed by atoms with Gasteiger partial charge in [0.05, 0.1) is 0 Å². The predicted octanol–water partition coefficient (Wildman–Crippen LogP) is 0.475. The van der Waals surface area contributed by atoms with Crippen LogP contribution in [-0.2, 0) is 31.0 Å². The fraction of sp³-hybridized carbons (Fsp3) is 0.500. The molecule has 0 aromatic heterocycles. The van der Waals surface area contributed by atoms with Gasteiger partial charge in [0.25, 0.3) is 0 Å². The fourth-order valence-electron chi connectivity index (χ4n) is 0. The van der Waals surface area contributed by atoms with Gasteiger partial charge in [0.2, 0.25) is 0 Å². The molecule has 0 aromatic carbocycles. The molecule has 1 N–H and O–H groups in total. The summed E-state index contributed by atoms with van der Waals surface area (Å²) in [5.41, 5.74) is 0. The maximum atomic E-state index is 10.6. The molecule has 0 spiro atoms. The summed E-state index contributed by atoms with van der Waals surface area (Å²) in [5.74, 6) is -2.76. The average Bonchev–Trinajstić information content (AvgIpc) is 1.31. The molecule has 0 saturated heterocycles. The van der Waals surface area contributed by atoms with Gasteiger partial charge in [-0.15, -0.1) is 0 Å². The normalized spacial score (nSPS) is 8.78. The number of hydrogen-bond acceptors (Lipinski definition) is 1. The monoisotopic (exact) mass is 344 g/mol. The topological polar surface area (TPSA) is 37.3 Å². The summed E-state index contributed by atoms with van der Waals surface area (Å²) in [5, 5.41) is 7.12. The number of carboxylic acid groups (broad SMARTS) is 1. The maximum Gasteiger partial charge on any atom is 2.00 e. The van der Waals surface area contributed by atoms with Crippen LogP contribution in [0.1, 0.15) is 2.85 Å². The third kappa shape index (κ3) is 9.71. The summed E-state index contributed by atoms with van der Waals surface area (Å²) in [6.45, 7) is 0. The zero-order valence-corrected chi connectivity index (χ0v) is 11.1. The van der Waals surface area contributed by atoms with Crippen molar-refractivity contribution in [2.75, 3.05) is 0 Å². The minimum Gasteiger partial charge on any atom is -1.00 e. The molecule has 0 fully saturated rings. The number of hydrogen-bond donors (Lipinski definition) is 1. The van der Waals surface area contributed by atoms with Gasteiger partial charge in [-0.1, -0.05) is 0 Å². The molecule has 50 valence electrons. The van der Waals surface area contributed by atoms with Gasteiger partial charge in [-0.3, -0.25) is 0 Å². The van der Waals surface area contributed by atoms with Crippen molar-refractivity contribution in [1.82, 2.24) is 0 Å². The van der Waals surface area contributed by atoms with Crippen LogP contribution < -0.4 is 0 Å². The number of halogens is 3. The molecule has 0 heterocycles. The molecular formula is C2H3BaF3O2Zr. The number of carboxylic acids is 1. The SMILES string of the molecule is O=C(O)C(F)(F)F.[Ba+2].[H-].[H-].[Zr]. The first-order valence-corrected chi connectivity index (χ1v) is 1.24. The van der Waals surface area contributed by atoms with Crippen molar-refractivity contribution in [1.29, 1.82) is 0 Å². The summed E-state index contributed by atoms with van der Waals surface area (Å²) >= 11 is 0. The Balaban J connectivity index is -0.0000000300. The fourth-order valence-corrected chi connectivity index (χ4v) is 0.